The molecule has 1 N–H and O–H groups in total. The number of hydrogen-bond donors (Lipinski definition) is 1. The molecule has 30 heavy (non-hydrogen) atoms. The highest BCUT2D eigenvalue weighted by molar-refractivity contribution is 8.27. The van der Waals surface area contributed by atoms with Crippen LogP contribution in [0.1, 0.15) is 11.5 Å². The Kier molecular flexibility index (Phi) is 4.41. The number of carbonyl (C=O) groups is 1. The number of amidine groups is 2. The maximum Gasteiger partial charge on any atom is 0.283 e. The molecule has 0 radical (unpaired) electrons. The van der Waals surface area contributed by atoms with E-state index in [-0.39, 0.29) is 21.6 Å². The van der Waals surface area contributed by atoms with Crippen molar-refractivity contribution in [1.82, 2.24) is 5.01 Å². The van der Waals surface area contributed by atoms with E-state index in [1.54, 1.807) is 24.3 Å². The van der Waals surface area contributed by atoms with Crippen LogP contribution in [-0.2, 0) is 4.79 Å². The van der Waals surface area contributed by atoms with Crippen molar-refractivity contribution in [2.75, 3.05) is 0 Å². The molecule has 0 aliphatic carbocycles. The summed E-state index contributed by atoms with van der Waals surface area (Å²) in [7, 11) is 0. The smallest absolute Gasteiger partial charge is 0.283 e. The van der Waals surface area contributed by atoms with Crippen molar-refractivity contribution >= 4 is 51.4 Å². The van der Waals surface area contributed by atoms with Crippen molar-refractivity contribution in [3.63, 3.8) is 0 Å². The highest BCUT2D eigenvalue weighted by Gasteiger charge is 2.36. The van der Waals surface area contributed by atoms with E-state index in [1.807, 2.05) is 0 Å². The van der Waals surface area contributed by atoms with Crippen LogP contribution >= 0.6 is 23.4 Å². The molecule has 2 aliphatic heterocycles. The Morgan fingerprint density at radius 1 is 1.20 bits per heavy atom. The maximum atomic E-state index is 13.4. The molecular weight excluding hydrogens is 431 g/mol. The predicted octanol–water partition coefficient (Wildman–Crippen LogP) is 5.00. The highest BCUT2D eigenvalue weighted by Crippen LogP contribution is 2.32. The molecule has 10 heteroatoms. The standard InChI is InChI=1S/C20H10ClFN4O3S/c21-13-8-10(3-5-14(13)22)15-6-4-11(29-15)9-12-17(23)26-20(24-18(12)27)30-19(25-26)16-2-1-7-28-16/h1-9,23H/b12-9-,23-17?. The monoisotopic (exact) mass is 440 g/mol. The van der Waals surface area contributed by atoms with E-state index in [2.05, 4.69) is 10.1 Å². The van der Waals surface area contributed by atoms with Gasteiger partial charge in [-0.05, 0) is 60.3 Å². The lowest BCUT2D eigenvalue weighted by Gasteiger charge is -2.19. The lowest BCUT2D eigenvalue weighted by Crippen LogP contribution is -2.35. The average Bonchev–Trinajstić information content (AvgIpc) is 3.47. The van der Waals surface area contributed by atoms with Crippen LogP contribution in [0, 0.1) is 11.2 Å². The molecule has 0 atom stereocenters. The number of carbonyl (C=O) groups excluding carboxylic acids is 1. The van der Waals surface area contributed by atoms with E-state index in [0.29, 0.717) is 27.9 Å². The molecule has 7 nitrogen and oxygen atoms in total. The second-order valence-electron chi connectivity index (χ2n) is 6.23. The summed E-state index contributed by atoms with van der Waals surface area (Å²) in [5.41, 5.74) is 0.613. The summed E-state index contributed by atoms with van der Waals surface area (Å²) in [6.07, 6.45) is 2.94. The fraction of sp³-hybridized carbons (Fsp3) is 0. The van der Waals surface area contributed by atoms with Gasteiger partial charge in [-0.2, -0.15) is 15.1 Å². The van der Waals surface area contributed by atoms with Crippen molar-refractivity contribution in [3.05, 3.63) is 76.7 Å². The van der Waals surface area contributed by atoms with Gasteiger partial charge in [0.1, 0.15) is 17.3 Å². The van der Waals surface area contributed by atoms with Gasteiger partial charge in [0.25, 0.3) is 5.91 Å². The SMILES string of the molecule is N=C1/C(=C/c2ccc(-c3ccc(F)c(Cl)c3)o2)C(=O)N=C2SC(c3ccco3)=NN12. The van der Waals surface area contributed by atoms with Gasteiger partial charge < -0.3 is 8.83 Å². The summed E-state index contributed by atoms with van der Waals surface area (Å²) in [6.45, 7) is 0. The van der Waals surface area contributed by atoms with Gasteiger partial charge in [0.15, 0.2) is 16.6 Å². The first-order chi connectivity index (χ1) is 14.5. The minimum absolute atomic E-state index is 0.0216. The van der Waals surface area contributed by atoms with Crippen LogP contribution < -0.4 is 0 Å². The van der Waals surface area contributed by atoms with Crippen molar-refractivity contribution in [2.24, 2.45) is 10.1 Å². The number of hydrazone groups is 1. The van der Waals surface area contributed by atoms with Gasteiger partial charge in [-0.25, -0.2) is 4.39 Å². The van der Waals surface area contributed by atoms with Gasteiger partial charge >= 0.3 is 0 Å². The van der Waals surface area contributed by atoms with Gasteiger partial charge in [0, 0.05) is 5.56 Å². The van der Waals surface area contributed by atoms with E-state index in [9.17, 15) is 9.18 Å². The molecule has 148 valence electrons. The molecule has 0 spiro atoms. The zero-order valence-electron chi connectivity index (χ0n) is 14.9. The zero-order valence-corrected chi connectivity index (χ0v) is 16.5. The number of furan rings is 2. The number of benzene rings is 1. The van der Waals surface area contributed by atoms with Gasteiger partial charge in [-0.3, -0.25) is 10.2 Å². The molecule has 0 saturated carbocycles. The molecule has 0 fully saturated rings. The topological polar surface area (TPSA) is 95.2 Å². The van der Waals surface area contributed by atoms with Crippen molar-refractivity contribution in [1.29, 1.82) is 5.41 Å². The van der Waals surface area contributed by atoms with Crippen LogP contribution in [0.3, 0.4) is 0 Å². The van der Waals surface area contributed by atoms with E-state index >= 15 is 0 Å². The number of nitrogens with zero attached hydrogens (tertiary/aromatic N) is 3. The van der Waals surface area contributed by atoms with Crippen LogP contribution in [0.15, 0.2) is 73.2 Å². The molecule has 0 saturated heterocycles. The Labute approximate surface area is 178 Å². The molecule has 2 aromatic heterocycles. The van der Waals surface area contributed by atoms with E-state index in [0.717, 1.165) is 11.8 Å². The summed E-state index contributed by atoms with van der Waals surface area (Å²) < 4.78 is 24.4. The van der Waals surface area contributed by atoms with E-state index < -0.39 is 11.7 Å². The molecule has 0 bridgehead atoms. The third kappa shape index (κ3) is 3.17. The molecule has 1 aromatic carbocycles. The first kappa shape index (κ1) is 18.6. The molecular formula is C20H10ClFN4O3S. The van der Waals surface area contributed by atoms with Crippen LogP contribution in [0.5, 0.6) is 0 Å². The molecule has 5 rings (SSSR count). The van der Waals surface area contributed by atoms with Gasteiger partial charge in [-0.1, -0.05) is 11.6 Å². The molecule has 4 heterocycles. The van der Waals surface area contributed by atoms with Gasteiger partial charge in [0.05, 0.1) is 16.9 Å². The number of rotatable bonds is 3. The van der Waals surface area contributed by atoms with Crippen molar-refractivity contribution < 1.29 is 18.0 Å². The first-order valence-electron chi connectivity index (χ1n) is 8.59. The van der Waals surface area contributed by atoms with Crippen LogP contribution in [0.4, 0.5) is 4.39 Å². The maximum absolute atomic E-state index is 13.4. The minimum Gasteiger partial charge on any atom is -0.462 e. The Balaban J connectivity index is 1.45. The minimum atomic E-state index is -0.572. The summed E-state index contributed by atoms with van der Waals surface area (Å²) in [6, 6.07) is 11.0. The molecule has 1 amide bonds. The number of halogens is 2. The quantitative estimate of drug-likeness (QED) is 0.578. The highest BCUT2D eigenvalue weighted by atomic mass is 35.5. The van der Waals surface area contributed by atoms with Crippen molar-refractivity contribution in [2.45, 2.75) is 0 Å². The summed E-state index contributed by atoms with van der Waals surface area (Å²) in [4.78, 5) is 16.5. The van der Waals surface area contributed by atoms with Crippen LogP contribution in [-0.4, -0.2) is 27.0 Å². The fourth-order valence-electron chi connectivity index (χ4n) is 2.87. The Morgan fingerprint density at radius 2 is 2.07 bits per heavy atom. The third-order valence-electron chi connectivity index (χ3n) is 4.30. The molecule has 3 aromatic rings. The summed E-state index contributed by atoms with van der Waals surface area (Å²) in [5, 5.41) is 14.8. The fourth-order valence-corrected chi connectivity index (χ4v) is 3.91. The molecule has 2 aliphatic rings. The van der Waals surface area contributed by atoms with E-state index in [4.69, 9.17) is 25.8 Å². The molecule has 0 unspecified atom stereocenters. The largest absolute Gasteiger partial charge is 0.462 e. The second kappa shape index (κ2) is 7.12. The van der Waals surface area contributed by atoms with Crippen LogP contribution in [0.2, 0.25) is 5.02 Å². The zero-order chi connectivity index (χ0) is 20.8. The lowest BCUT2D eigenvalue weighted by molar-refractivity contribution is -0.114. The Hall–Kier alpha value is -3.43. The average molecular weight is 441 g/mol. The Morgan fingerprint density at radius 3 is 2.83 bits per heavy atom. The van der Waals surface area contributed by atoms with Crippen LogP contribution in [0.25, 0.3) is 17.4 Å². The first-order valence-corrected chi connectivity index (χ1v) is 9.78. The second-order valence-corrected chi connectivity index (χ2v) is 7.60. The third-order valence-corrected chi connectivity index (χ3v) is 5.52. The Bertz CT molecular complexity index is 1290. The number of fused-ring (bicyclic) bond motifs is 1. The number of amides is 1. The number of nitrogens with one attached hydrogen (secondary N) is 1. The summed E-state index contributed by atoms with van der Waals surface area (Å²) >= 11 is 6.97. The number of aliphatic imine (C=N–C) groups is 1. The van der Waals surface area contributed by atoms with Gasteiger partial charge in [-0.15, -0.1) is 0 Å². The number of hydrogen-bond acceptors (Lipinski definition) is 6. The van der Waals surface area contributed by atoms with E-state index in [1.165, 1.54) is 35.5 Å². The lowest BCUT2D eigenvalue weighted by atomic mass is 10.1. The summed E-state index contributed by atoms with van der Waals surface area (Å²) in [5.74, 6) is 0.0785. The number of thioether (sulfide) groups is 1. The van der Waals surface area contributed by atoms with Gasteiger partial charge in [0.2, 0.25) is 5.17 Å². The normalized spacial score (nSPS) is 17.4. The van der Waals surface area contributed by atoms with Crippen molar-refractivity contribution in [3.8, 4) is 11.3 Å². The predicted molar refractivity (Wildman–Crippen MR) is 112 cm³/mol.